The van der Waals surface area contributed by atoms with Crippen molar-refractivity contribution in [3.05, 3.63) is 12.2 Å². The van der Waals surface area contributed by atoms with Gasteiger partial charge in [0, 0.05) is 0 Å². The molecule has 1 aliphatic heterocycles. The summed E-state index contributed by atoms with van der Waals surface area (Å²) in [6, 6.07) is 0. The van der Waals surface area contributed by atoms with Crippen LogP contribution in [0.4, 0.5) is 0 Å². The molecule has 11 heavy (non-hydrogen) atoms. The van der Waals surface area contributed by atoms with Crippen molar-refractivity contribution in [2.75, 3.05) is 6.61 Å². The van der Waals surface area contributed by atoms with E-state index in [1.807, 2.05) is 0 Å². The maximum Gasteiger partial charge on any atom is 0.0812 e. The van der Waals surface area contributed by atoms with Crippen molar-refractivity contribution < 1.29 is 4.74 Å². The number of allylic oxidation sites excluding steroid dienone is 2. The molecule has 1 nitrogen and oxygen atoms in total. The molecule has 1 rings (SSSR count). The van der Waals surface area contributed by atoms with Gasteiger partial charge in [0.25, 0.3) is 0 Å². The number of hydrogen-bond donors (Lipinski definition) is 0. The van der Waals surface area contributed by atoms with Crippen molar-refractivity contribution in [2.24, 2.45) is 0 Å². The summed E-state index contributed by atoms with van der Waals surface area (Å²) in [6.07, 6.45) is 11.5. The lowest BCUT2D eigenvalue weighted by Gasteiger charge is -1.89. The Morgan fingerprint density at radius 3 is 2.73 bits per heavy atom. The molecule has 0 amide bonds. The smallest absolute Gasteiger partial charge is 0.0812 e. The summed E-state index contributed by atoms with van der Waals surface area (Å²) in [7, 11) is 0. The van der Waals surface area contributed by atoms with E-state index in [1.54, 1.807) is 0 Å². The van der Waals surface area contributed by atoms with Gasteiger partial charge in [0.15, 0.2) is 0 Å². The van der Waals surface area contributed by atoms with Gasteiger partial charge in [-0.1, -0.05) is 31.9 Å². The second kappa shape index (κ2) is 5.36. The molecule has 1 aliphatic rings. The number of ether oxygens (including phenoxy) is 1. The van der Waals surface area contributed by atoms with Crippen LogP contribution in [0.15, 0.2) is 12.2 Å². The third-order valence-corrected chi connectivity index (χ3v) is 1.95. The minimum Gasteiger partial charge on any atom is -0.373 e. The largest absolute Gasteiger partial charge is 0.373 e. The summed E-state index contributed by atoms with van der Waals surface area (Å²) < 4.78 is 5.10. The highest BCUT2D eigenvalue weighted by atomic mass is 16.6. The molecule has 0 aromatic heterocycles. The van der Waals surface area contributed by atoms with Crippen molar-refractivity contribution in [3.63, 3.8) is 0 Å². The van der Waals surface area contributed by atoms with Crippen LogP contribution in [0.5, 0.6) is 0 Å². The third-order valence-electron chi connectivity index (χ3n) is 1.95. The van der Waals surface area contributed by atoms with Crippen LogP contribution in [0.1, 0.15) is 39.0 Å². The molecule has 1 unspecified atom stereocenters. The first-order valence-electron chi connectivity index (χ1n) is 4.70. The second-order valence-corrected chi connectivity index (χ2v) is 3.15. The summed E-state index contributed by atoms with van der Waals surface area (Å²) in [5.41, 5.74) is 0. The van der Waals surface area contributed by atoms with Gasteiger partial charge in [-0.05, 0) is 19.3 Å². The van der Waals surface area contributed by atoms with Gasteiger partial charge in [-0.2, -0.15) is 0 Å². The summed E-state index contributed by atoms with van der Waals surface area (Å²) in [5, 5.41) is 0. The zero-order chi connectivity index (χ0) is 7.94. The number of epoxide rings is 1. The fourth-order valence-corrected chi connectivity index (χ4v) is 1.07. The highest BCUT2D eigenvalue weighted by Crippen LogP contribution is 2.15. The molecular weight excluding hydrogens is 136 g/mol. The standard InChI is InChI=1S/C10H18O/c1-2-3-4-5-6-7-8-10-9-11-10/h5-6,10H,2-4,7-9H2,1H3. The van der Waals surface area contributed by atoms with Crippen molar-refractivity contribution >= 4 is 0 Å². The van der Waals surface area contributed by atoms with Crippen LogP contribution in [0.3, 0.4) is 0 Å². The predicted molar refractivity (Wildman–Crippen MR) is 47.6 cm³/mol. The summed E-state index contributed by atoms with van der Waals surface area (Å²) in [4.78, 5) is 0. The minimum atomic E-state index is 0.603. The van der Waals surface area contributed by atoms with Crippen molar-refractivity contribution in [1.29, 1.82) is 0 Å². The summed E-state index contributed by atoms with van der Waals surface area (Å²) in [6.45, 7) is 3.23. The van der Waals surface area contributed by atoms with E-state index in [1.165, 1.54) is 32.1 Å². The molecule has 1 atom stereocenters. The van der Waals surface area contributed by atoms with Crippen LogP contribution < -0.4 is 0 Å². The second-order valence-electron chi connectivity index (χ2n) is 3.15. The minimum absolute atomic E-state index is 0.603. The molecule has 0 saturated carbocycles. The molecular formula is C10H18O. The molecule has 0 aliphatic carbocycles. The number of unbranched alkanes of at least 4 members (excludes halogenated alkanes) is 2. The van der Waals surface area contributed by atoms with Crippen molar-refractivity contribution in [2.45, 2.75) is 45.1 Å². The number of rotatable bonds is 6. The molecule has 0 aromatic rings. The van der Waals surface area contributed by atoms with Gasteiger partial charge < -0.3 is 4.74 Å². The molecule has 0 spiro atoms. The van der Waals surface area contributed by atoms with E-state index < -0.39 is 0 Å². The molecule has 64 valence electrons. The maximum atomic E-state index is 5.10. The van der Waals surface area contributed by atoms with E-state index >= 15 is 0 Å². The van der Waals surface area contributed by atoms with Crippen LogP contribution >= 0.6 is 0 Å². The van der Waals surface area contributed by atoms with Gasteiger partial charge in [0.05, 0.1) is 12.7 Å². The summed E-state index contributed by atoms with van der Waals surface area (Å²) >= 11 is 0. The van der Waals surface area contributed by atoms with Crippen molar-refractivity contribution in [3.8, 4) is 0 Å². The lowest BCUT2D eigenvalue weighted by Crippen LogP contribution is -1.81. The lowest BCUT2D eigenvalue weighted by molar-refractivity contribution is 0.398. The Balaban J connectivity index is 1.80. The molecule has 0 radical (unpaired) electrons. The SMILES string of the molecule is CCCCC=CCCC1CO1. The van der Waals surface area contributed by atoms with Crippen LogP contribution in [0.2, 0.25) is 0 Å². The molecule has 1 fully saturated rings. The Morgan fingerprint density at radius 2 is 2.09 bits per heavy atom. The Labute approximate surface area is 69.4 Å². The lowest BCUT2D eigenvalue weighted by atomic mass is 10.2. The van der Waals surface area contributed by atoms with Gasteiger partial charge in [0.2, 0.25) is 0 Å². The van der Waals surface area contributed by atoms with Crippen molar-refractivity contribution in [1.82, 2.24) is 0 Å². The highest BCUT2D eigenvalue weighted by molar-refractivity contribution is 4.83. The van der Waals surface area contributed by atoms with Gasteiger partial charge in [-0.15, -0.1) is 0 Å². The summed E-state index contributed by atoms with van der Waals surface area (Å²) in [5.74, 6) is 0. The third kappa shape index (κ3) is 5.02. The van der Waals surface area contributed by atoms with E-state index in [0.717, 1.165) is 6.61 Å². The molecule has 0 aromatic carbocycles. The Kier molecular flexibility index (Phi) is 4.29. The van der Waals surface area contributed by atoms with Gasteiger partial charge in [0.1, 0.15) is 0 Å². The fourth-order valence-electron chi connectivity index (χ4n) is 1.07. The zero-order valence-electron chi connectivity index (χ0n) is 7.38. The average Bonchev–Trinajstić information content (AvgIpc) is 2.80. The Bertz CT molecular complexity index is 114. The molecule has 0 N–H and O–H groups in total. The van der Waals surface area contributed by atoms with Gasteiger partial charge in [-0.25, -0.2) is 0 Å². The zero-order valence-corrected chi connectivity index (χ0v) is 7.38. The fraction of sp³-hybridized carbons (Fsp3) is 0.800. The van der Waals surface area contributed by atoms with Crippen LogP contribution in [-0.2, 0) is 4.74 Å². The van der Waals surface area contributed by atoms with E-state index in [-0.39, 0.29) is 0 Å². The monoisotopic (exact) mass is 154 g/mol. The van der Waals surface area contributed by atoms with Gasteiger partial charge >= 0.3 is 0 Å². The van der Waals surface area contributed by atoms with Crippen LogP contribution in [-0.4, -0.2) is 12.7 Å². The van der Waals surface area contributed by atoms with Crippen LogP contribution in [0.25, 0.3) is 0 Å². The van der Waals surface area contributed by atoms with E-state index in [0.29, 0.717) is 6.10 Å². The molecule has 0 bridgehead atoms. The molecule has 1 heteroatoms. The normalized spacial score (nSPS) is 22.8. The number of hydrogen-bond acceptors (Lipinski definition) is 1. The Morgan fingerprint density at radius 1 is 1.36 bits per heavy atom. The van der Waals surface area contributed by atoms with E-state index in [4.69, 9.17) is 4.74 Å². The van der Waals surface area contributed by atoms with E-state index in [2.05, 4.69) is 19.1 Å². The predicted octanol–water partition coefficient (Wildman–Crippen LogP) is 2.91. The molecule has 1 heterocycles. The average molecular weight is 154 g/mol. The van der Waals surface area contributed by atoms with Gasteiger partial charge in [-0.3, -0.25) is 0 Å². The molecule has 1 saturated heterocycles. The van der Waals surface area contributed by atoms with E-state index in [9.17, 15) is 0 Å². The maximum absolute atomic E-state index is 5.10. The quantitative estimate of drug-likeness (QED) is 0.325. The topological polar surface area (TPSA) is 12.5 Å². The first-order valence-corrected chi connectivity index (χ1v) is 4.70. The van der Waals surface area contributed by atoms with Crippen LogP contribution in [0, 0.1) is 0 Å². The first-order chi connectivity index (χ1) is 5.43. The Hall–Kier alpha value is -0.300. The first kappa shape index (κ1) is 8.79. The highest BCUT2D eigenvalue weighted by Gasteiger charge is 2.20.